The van der Waals surface area contributed by atoms with Crippen LogP contribution in [0.5, 0.6) is 0 Å². The summed E-state index contributed by atoms with van der Waals surface area (Å²) < 4.78 is 21.1. The Balaban J connectivity index is 2.12. The van der Waals surface area contributed by atoms with E-state index in [2.05, 4.69) is 6.58 Å². The first kappa shape index (κ1) is 21.6. The van der Waals surface area contributed by atoms with E-state index in [9.17, 15) is 35.7 Å². The van der Waals surface area contributed by atoms with Gasteiger partial charge in [0.25, 0.3) is 0 Å². The van der Waals surface area contributed by atoms with Gasteiger partial charge in [-0.15, -0.1) is 6.58 Å². The van der Waals surface area contributed by atoms with E-state index in [4.69, 9.17) is 18.9 Å². The molecular formula is C15H26O11. The fourth-order valence-corrected chi connectivity index (χ4v) is 2.89. The van der Waals surface area contributed by atoms with Crippen LogP contribution in [0.25, 0.3) is 0 Å². The van der Waals surface area contributed by atoms with E-state index >= 15 is 0 Å². The Morgan fingerprint density at radius 3 is 2.23 bits per heavy atom. The van der Waals surface area contributed by atoms with Crippen LogP contribution >= 0.6 is 0 Å². The maximum absolute atomic E-state index is 10.3. The minimum absolute atomic E-state index is 0.135. The molecule has 9 unspecified atom stereocenters. The second-order valence-corrected chi connectivity index (χ2v) is 6.20. The van der Waals surface area contributed by atoms with Gasteiger partial charge in [-0.1, -0.05) is 6.08 Å². The Bertz CT molecular complexity index is 461. The van der Waals surface area contributed by atoms with Crippen molar-refractivity contribution in [3.63, 3.8) is 0 Å². The van der Waals surface area contributed by atoms with Crippen LogP contribution in [0, 0.1) is 0 Å². The molecule has 2 heterocycles. The van der Waals surface area contributed by atoms with Crippen LogP contribution in [-0.2, 0) is 18.9 Å². The van der Waals surface area contributed by atoms with Crippen LogP contribution in [0.3, 0.4) is 0 Å². The molecule has 2 aliphatic rings. The molecule has 0 aromatic carbocycles. The average molecular weight is 382 g/mol. The van der Waals surface area contributed by atoms with Gasteiger partial charge in [-0.05, 0) is 0 Å². The van der Waals surface area contributed by atoms with Crippen LogP contribution in [0.1, 0.15) is 0 Å². The van der Waals surface area contributed by atoms with Crippen LogP contribution in [0.2, 0.25) is 0 Å². The van der Waals surface area contributed by atoms with Gasteiger partial charge in [0.15, 0.2) is 6.29 Å². The molecule has 2 fully saturated rings. The lowest BCUT2D eigenvalue weighted by Gasteiger charge is -2.43. The fraction of sp³-hybridized carbons (Fsp3) is 0.867. The van der Waals surface area contributed by atoms with Gasteiger partial charge in [0.1, 0.15) is 49.3 Å². The van der Waals surface area contributed by atoms with Gasteiger partial charge in [-0.3, -0.25) is 0 Å². The van der Waals surface area contributed by atoms with E-state index in [1.807, 2.05) is 0 Å². The normalized spacial score (nSPS) is 46.4. The Morgan fingerprint density at radius 2 is 1.65 bits per heavy atom. The Kier molecular flexibility index (Phi) is 7.47. The summed E-state index contributed by atoms with van der Waals surface area (Å²) in [5.41, 5.74) is 0. The van der Waals surface area contributed by atoms with Crippen molar-refractivity contribution in [3.05, 3.63) is 12.7 Å². The van der Waals surface area contributed by atoms with Crippen LogP contribution in [0.15, 0.2) is 12.7 Å². The molecule has 0 bridgehead atoms. The molecule has 7 N–H and O–H groups in total. The minimum Gasteiger partial charge on any atom is -0.394 e. The molecule has 11 heteroatoms. The molecule has 9 atom stereocenters. The maximum atomic E-state index is 10.3. The van der Waals surface area contributed by atoms with Crippen molar-refractivity contribution in [2.24, 2.45) is 0 Å². The second-order valence-electron chi connectivity index (χ2n) is 6.20. The smallest absolute Gasteiger partial charge is 0.224 e. The van der Waals surface area contributed by atoms with Gasteiger partial charge < -0.3 is 54.7 Å². The summed E-state index contributed by atoms with van der Waals surface area (Å²) in [6.07, 6.45) is -10.8. The maximum Gasteiger partial charge on any atom is 0.224 e. The first-order valence-corrected chi connectivity index (χ1v) is 8.13. The van der Waals surface area contributed by atoms with Gasteiger partial charge in [0.2, 0.25) is 5.79 Å². The van der Waals surface area contributed by atoms with Crippen molar-refractivity contribution in [2.75, 3.05) is 26.4 Å². The molecule has 2 rings (SSSR count). The lowest BCUT2D eigenvalue weighted by atomic mass is 9.99. The highest BCUT2D eigenvalue weighted by molar-refractivity contribution is 4.98. The van der Waals surface area contributed by atoms with Gasteiger partial charge >= 0.3 is 0 Å². The van der Waals surface area contributed by atoms with E-state index in [0.29, 0.717) is 0 Å². The van der Waals surface area contributed by atoms with E-state index in [1.54, 1.807) is 0 Å². The number of aliphatic hydroxyl groups is 7. The Hall–Kier alpha value is -0.700. The average Bonchev–Trinajstić information content (AvgIpc) is 2.87. The zero-order valence-corrected chi connectivity index (χ0v) is 14.0. The molecule has 11 nitrogen and oxygen atoms in total. The summed E-state index contributed by atoms with van der Waals surface area (Å²) >= 11 is 0. The monoisotopic (exact) mass is 382 g/mol. The third kappa shape index (κ3) is 4.08. The summed E-state index contributed by atoms with van der Waals surface area (Å²) in [4.78, 5) is 0. The summed E-state index contributed by atoms with van der Waals surface area (Å²) in [7, 11) is 0. The first-order chi connectivity index (χ1) is 12.3. The molecule has 0 spiro atoms. The lowest BCUT2D eigenvalue weighted by Crippen LogP contribution is -2.62. The molecule has 26 heavy (non-hydrogen) atoms. The third-order valence-electron chi connectivity index (χ3n) is 4.41. The molecule has 0 aromatic rings. The zero-order chi connectivity index (χ0) is 19.5. The summed E-state index contributed by atoms with van der Waals surface area (Å²) in [6, 6.07) is 0. The standard InChI is InChI=1S/C15H26O11/c1-2-3-23-5-8-10(19)13(22)15(6-17,25-8)26-14-12(21)11(20)9(18)7(4-16)24-14/h2,7-14,16-22H,1,3-6H2. The van der Waals surface area contributed by atoms with Crippen molar-refractivity contribution in [2.45, 2.75) is 54.8 Å². The molecule has 152 valence electrons. The van der Waals surface area contributed by atoms with Crippen LogP contribution < -0.4 is 0 Å². The van der Waals surface area contributed by atoms with E-state index in [0.717, 1.165) is 0 Å². The quantitative estimate of drug-likeness (QED) is 0.160. The van der Waals surface area contributed by atoms with Gasteiger partial charge in [-0.25, -0.2) is 0 Å². The van der Waals surface area contributed by atoms with Crippen molar-refractivity contribution in [1.82, 2.24) is 0 Å². The molecule has 0 saturated carbocycles. The number of hydrogen-bond donors (Lipinski definition) is 7. The van der Waals surface area contributed by atoms with Gasteiger partial charge in [0, 0.05) is 0 Å². The van der Waals surface area contributed by atoms with Crippen LogP contribution in [-0.4, -0.2) is 117 Å². The second kappa shape index (κ2) is 8.99. The molecule has 2 aliphatic heterocycles. The van der Waals surface area contributed by atoms with Crippen molar-refractivity contribution < 1.29 is 54.7 Å². The summed E-state index contributed by atoms with van der Waals surface area (Å²) in [5.74, 6) is -2.17. The van der Waals surface area contributed by atoms with Crippen LogP contribution in [0.4, 0.5) is 0 Å². The number of aliphatic hydroxyl groups excluding tert-OH is 7. The molecule has 0 aliphatic carbocycles. The number of rotatable bonds is 8. The molecule has 0 aromatic heterocycles. The fourth-order valence-electron chi connectivity index (χ4n) is 2.89. The van der Waals surface area contributed by atoms with E-state index < -0.39 is 68.0 Å². The highest BCUT2D eigenvalue weighted by Gasteiger charge is 2.58. The molecular weight excluding hydrogens is 356 g/mol. The van der Waals surface area contributed by atoms with Gasteiger partial charge in [0.05, 0.1) is 19.8 Å². The highest BCUT2D eigenvalue weighted by atomic mass is 16.8. The van der Waals surface area contributed by atoms with Gasteiger partial charge in [-0.2, -0.15) is 0 Å². The Labute approximate surface area is 149 Å². The largest absolute Gasteiger partial charge is 0.394 e. The summed E-state index contributed by atoms with van der Waals surface area (Å²) in [5, 5.41) is 68.8. The van der Waals surface area contributed by atoms with Crippen molar-refractivity contribution in [3.8, 4) is 0 Å². The van der Waals surface area contributed by atoms with E-state index in [1.165, 1.54) is 6.08 Å². The summed E-state index contributed by atoms with van der Waals surface area (Å²) in [6.45, 7) is 1.90. The number of ether oxygens (including phenoxy) is 4. The topological polar surface area (TPSA) is 179 Å². The lowest BCUT2D eigenvalue weighted by molar-refractivity contribution is -0.383. The predicted octanol–water partition coefficient (Wildman–Crippen LogP) is -4.19. The number of hydrogen-bond acceptors (Lipinski definition) is 11. The highest BCUT2D eigenvalue weighted by Crippen LogP contribution is 2.36. The minimum atomic E-state index is -2.17. The first-order valence-electron chi connectivity index (χ1n) is 8.13. The van der Waals surface area contributed by atoms with Crippen molar-refractivity contribution >= 4 is 0 Å². The molecule has 0 radical (unpaired) electrons. The Morgan fingerprint density at radius 1 is 0.962 bits per heavy atom. The third-order valence-corrected chi connectivity index (χ3v) is 4.41. The molecule has 2 saturated heterocycles. The molecule has 0 amide bonds. The van der Waals surface area contributed by atoms with E-state index in [-0.39, 0.29) is 13.2 Å². The predicted molar refractivity (Wildman–Crippen MR) is 82.6 cm³/mol. The van der Waals surface area contributed by atoms with Crippen molar-refractivity contribution in [1.29, 1.82) is 0 Å². The zero-order valence-electron chi connectivity index (χ0n) is 14.0. The SMILES string of the molecule is C=CCOCC1OC(CO)(OC2OC(CO)C(O)C(O)C2O)C(O)C1O.